The zero-order chi connectivity index (χ0) is 17.4. The highest BCUT2D eigenvalue weighted by Crippen LogP contribution is 2.26. The molecule has 1 N–H and O–H groups in total. The highest BCUT2D eigenvalue weighted by Gasteiger charge is 2.13. The molecule has 0 saturated heterocycles. The maximum atomic E-state index is 12.2. The summed E-state index contributed by atoms with van der Waals surface area (Å²) in [5.74, 6) is 0.465. The van der Waals surface area contributed by atoms with Crippen LogP contribution in [0.3, 0.4) is 0 Å². The molecule has 0 aliphatic heterocycles. The van der Waals surface area contributed by atoms with Crippen LogP contribution in [-0.2, 0) is 4.79 Å². The van der Waals surface area contributed by atoms with Gasteiger partial charge in [0, 0.05) is 10.8 Å². The third-order valence-corrected chi connectivity index (χ3v) is 5.21. The molecule has 0 aliphatic rings. The number of amides is 1. The van der Waals surface area contributed by atoms with E-state index in [2.05, 4.69) is 22.4 Å². The van der Waals surface area contributed by atoms with E-state index in [9.17, 15) is 10.1 Å². The van der Waals surface area contributed by atoms with Crippen molar-refractivity contribution in [1.82, 2.24) is 10.2 Å². The number of hydrogen-bond acceptors (Lipinski definition) is 6. The molecule has 8 heteroatoms. The van der Waals surface area contributed by atoms with E-state index in [0.29, 0.717) is 10.2 Å². The predicted octanol–water partition coefficient (Wildman–Crippen LogP) is 4.63. The van der Waals surface area contributed by atoms with E-state index in [1.54, 1.807) is 36.0 Å². The molecule has 1 aromatic heterocycles. The predicted molar refractivity (Wildman–Crippen MR) is 99.2 cm³/mol. The van der Waals surface area contributed by atoms with Gasteiger partial charge in [-0.15, -0.1) is 10.2 Å². The summed E-state index contributed by atoms with van der Waals surface area (Å²) >= 11 is 8.73. The van der Waals surface area contributed by atoms with Gasteiger partial charge in [-0.05, 0) is 30.2 Å². The Labute approximate surface area is 153 Å². The first-order valence-electron chi connectivity index (χ1n) is 7.27. The molecule has 0 unspecified atom stereocenters. The molecule has 0 aliphatic carbocycles. The molecule has 1 heterocycles. The van der Waals surface area contributed by atoms with Crippen LogP contribution in [0, 0.1) is 11.3 Å². The maximum Gasteiger partial charge on any atom is 0.268 e. The molecule has 0 saturated carbocycles. The Morgan fingerprint density at radius 1 is 1.42 bits per heavy atom. The van der Waals surface area contributed by atoms with E-state index in [1.165, 1.54) is 17.4 Å². The molecule has 5 nitrogen and oxygen atoms in total. The highest BCUT2D eigenvalue weighted by molar-refractivity contribution is 8.01. The second kappa shape index (κ2) is 9.42. The van der Waals surface area contributed by atoms with Crippen molar-refractivity contribution in [2.24, 2.45) is 0 Å². The molecule has 0 atom stereocenters. The van der Waals surface area contributed by atoms with E-state index in [0.717, 1.165) is 28.5 Å². The van der Waals surface area contributed by atoms with Gasteiger partial charge in [-0.2, -0.15) is 5.26 Å². The van der Waals surface area contributed by atoms with Crippen molar-refractivity contribution in [2.45, 2.75) is 24.1 Å². The van der Waals surface area contributed by atoms with Crippen molar-refractivity contribution in [1.29, 1.82) is 5.26 Å². The Balaban J connectivity index is 2.02. The van der Waals surface area contributed by atoms with Gasteiger partial charge >= 0.3 is 0 Å². The average Bonchev–Trinajstić information content (AvgIpc) is 3.01. The molecule has 0 spiro atoms. The maximum absolute atomic E-state index is 12.2. The lowest BCUT2D eigenvalue weighted by Crippen LogP contribution is -2.13. The second-order valence-electron chi connectivity index (χ2n) is 4.75. The Kier molecular flexibility index (Phi) is 7.25. The lowest BCUT2D eigenvalue weighted by Gasteiger charge is -2.00. The number of rotatable bonds is 7. The van der Waals surface area contributed by atoms with E-state index in [4.69, 9.17) is 11.6 Å². The molecular formula is C16H15ClN4OS2. The number of unbranched alkanes of at least 4 members (excludes halogenated alkanes) is 1. The minimum atomic E-state index is -0.506. The van der Waals surface area contributed by atoms with Crippen LogP contribution in [-0.4, -0.2) is 21.9 Å². The van der Waals surface area contributed by atoms with Crippen molar-refractivity contribution < 1.29 is 4.79 Å². The van der Waals surface area contributed by atoms with Crippen LogP contribution in [0.2, 0.25) is 5.02 Å². The van der Waals surface area contributed by atoms with Crippen LogP contribution in [0.15, 0.2) is 34.2 Å². The number of nitrogens with one attached hydrogen (secondary N) is 1. The number of hydrogen-bond donors (Lipinski definition) is 1. The number of carbonyl (C=O) groups excluding carboxylic acids is 1. The van der Waals surface area contributed by atoms with Gasteiger partial charge in [-0.3, -0.25) is 10.1 Å². The number of aromatic nitrogens is 2. The van der Waals surface area contributed by atoms with Gasteiger partial charge in [0.2, 0.25) is 5.13 Å². The number of nitriles is 1. The third kappa shape index (κ3) is 5.64. The first kappa shape index (κ1) is 18.5. The number of thioether (sulfide) groups is 1. The fraction of sp³-hybridized carbons (Fsp3) is 0.250. The summed E-state index contributed by atoms with van der Waals surface area (Å²) in [6.45, 7) is 2.13. The zero-order valence-corrected chi connectivity index (χ0v) is 15.3. The molecule has 1 amide bonds. The van der Waals surface area contributed by atoms with Crippen LogP contribution in [0.4, 0.5) is 5.13 Å². The van der Waals surface area contributed by atoms with Crippen LogP contribution in [0.25, 0.3) is 6.08 Å². The SMILES string of the molecule is CCCCSc1nnc(NC(=O)/C(C#N)=C/c2ccc(Cl)cc2)s1. The van der Waals surface area contributed by atoms with Crippen LogP contribution in [0.5, 0.6) is 0 Å². The summed E-state index contributed by atoms with van der Waals surface area (Å²) in [5, 5.41) is 20.7. The number of carbonyl (C=O) groups is 1. The largest absolute Gasteiger partial charge is 0.296 e. The zero-order valence-electron chi connectivity index (χ0n) is 13.0. The van der Waals surface area contributed by atoms with Gasteiger partial charge in [-0.1, -0.05) is 60.2 Å². The van der Waals surface area contributed by atoms with Gasteiger partial charge < -0.3 is 0 Å². The molecule has 2 aromatic rings. The summed E-state index contributed by atoms with van der Waals surface area (Å²) in [6.07, 6.45) is 3.73. The lowest BCUT2D eigenvalue weighted by atomic mass is 10.1. The van der Waals surface area contributed by atoms with Crippen molar-refractivity contribution in [3.05, 3.63) is 40.4 Å². The van der Waals surface area contributed by atoms with Gasteiger partial charge in [-0.25, -0.2) is 0 Å². The minimum Gasteiger partial charge on any atom is -0.296 e. The fourth-order valence-electron chi connectivity index (χ4n) is 1.66. The van der Waals surface area contributed by atoms with Crippen LogP contribution < -0.4 is 5.32 Å². The standard InChI is InChI=1S/C16H15ClN4OS2/c1-2-3-8-23-16-21-20-15(24-16)19-14(22)12(10-18)9-11-4-6-13(17)7-5-11/h4-7,9H,2-3,8H2,1H3,(H,19,20,22)/b12-9+. The van der Waals surface area contributed by atoms with E-state index in [1.807, 2.05) is 6.07 Å². The van der Waals surface area contributed by atoms with E-state index >= 15 is 0 Å². The van der Waals surface area contributed by atoms with Crippen molar-refractivity contribution in [2.75, 3.05) is 11.1 Å². The number of nitrogens with zero attached hydrogens (tertiary/aromatic N) is 3. The molecule has 0 radical (unpaired) electrons. The summed E-state index contributed by atoms with van der Waals surface area (Å²) in [4.78, 5) is 12.2. The number of halogens is 1. The summed E-state index contributed by atoms with van der Waals surface area (Å²) in [5.41, 5.74) is 0.715. The quantitative estimate of drug-likeness (QED) is 0.250. The lowest BCUT2D eigenvalue weighted by molar-refractivity contribution is -0.112. The monoisotopic (exact) mass is 378 g/mol. The molecule has 0 fully saturated rings. The summed E-state index contributed by atoms with van der Waals surface area (Å²) in [6, 6.07) is 8.77. The Morgan fingerprint density at radius 3 is 2.83 bits per heavy atom. The van der Waals surface area contributed by atoms with E-state index in [-0.39, 0.29) is 5.57 Å². The van der Waals surface area contributed by atoms with Crippen LogP contribution >= 0.6 is 34.7 Å². The molecule has 124 valence electrons. The van der Waals surface area contributed by atoms with Gasteiger partial charge in [0.1, 0.15) is 11.6 Å². The molecule has 24 heavy (non-hydrogen) atoms. The third-order valence-electron chi connectivity index (χ3n) is 2.90. The summed E-state index contributed by atoms with van der Waals surface area (Å²) in [7, 11) is 0. The van der Waals surface area contributed by atoms with Gasteiger partial charge in [0.15, 0.2) is 4.34 Å². The number of benzene rings is 1. The van der Waals surface area contributed by atoms with Crippen molar-refractivity contribution >= 4 is 51.8 Å². The van der Waals surface area contributed by atoms with Crippen molar-refractivity contribution in [3.8, 4) is 6.07 Å². The molecular weight excluding hydrogens is 364 g/mol. The summed E-state index contributed by atoms with van der Waals surface area (Å²) < 4.78 is 0.805. The first-order chi connectivity index (χ1) is 11.6. The molecule has 1 aromatic carbocycles. The normalized spacial score (nSPS) is 11.1. The van der Waals surface area contributed by atoms with Crippen LogP contribution in [0.1, 0.15) is 25.3 Å². The van der Waals surface area contributed by atoms with Gasteiger partial charge in [0.25, 0.3) is 5.91 Å². The van der Waals surface area contributed by atoms with E-state index < -0.39 is 5.91 Å². The average molecular weight is 379 g/mol. The van der Waals surface area contributed by atoms with Crippen molar-refractivity contribution in [3.63, 3.8) is 0 Å². The Bertz CT molecular complexity index is 765. The molecule has 2 rings (SSSR count). The molecule has 0 bridgehead atoms. The van der Waals surface area contributed by atoms with Gasteiger partial charge in [0.05, 0.1) is 0 Å². The number of anilines is 1. The fourth-order valence-corrected chi connectivity index (χ4v) is 3.69. The Morgan fingerprint density at radius 2 is 2.17 bits per heavy atom. The first-order valence-corrected chi connectivity index (χ1v) is 9.45. The topological polar surface area (TPSA) is 78.7 Å². The smallest absolute Gasteiger partial charge is 0.268 e. The second-order valence-corrected chi connectivity index (χ2v) is 7.51. The minimum absolute atomic E-state index is 0.00675. The Hall–Kier alpha value is -1.88. The highest BCUT2D eigenvalue weighted by atomic mass is 35.5.